The zero-order chi connectivity index (χ0) is 13.3. The lowest BCUT2D eigenvalue weighted by Gasteiger charge is -2.22. The molecule has 0 spiro atoms. The molecule has 0 aliphatic heterocycles. The Morgan fingerprint density at radius 1 is 1.24 bits per heavy atom. The van der Waals surface area contributed by atoms with E-state index in [0.717, 1.165) is 8.27 Å². The fourth-order valence-electron chi connectivity index (χ4n) is 1.54. The second-order valence-corrected chi connectivity index (χ2v) is 7.47. The highest BCUT2D eigenvalue weighted by molar-refractivity contribution is 8.03. The molecule has 0 saturated carbocycles. The molecule has 2 heteroatoms. The second kappa shape index (κ2) is 9.07. The summed E-state index contributed by atoms with van der Waals surface area (Å²) in [5.74, 6) is 0. The van der Waals surface area contributed by atoms with Gasteiger partial charge in [0.1, 0.15) is 0 Å². The minimum atomic E-state index is 0.307. The van der Waals surface area contributed by atoms with Crippen LogP contribution in [-0.2, 0) is 0 Å². The molecule has 0 aliphatic rings. The third-order valence-corrected chi connectivity index (χ3v) is 6.12. The largest absolute Gasteiger partial charge is 0.114 e. The van der Waals surface area contributed by atoms with E-state index in [0.29, 0.717) is 5.16 Å². The van der Waals surface area contributed by atoms with Crippen LogP contribution in [0.3, 0.4) is 0 Å². The SMILES string of the molecule is C=CC(C)(CC/C=C(\C)CCC=C(C)C)PP. The minimum Gasteiger partial charge on any atom is -0.114 e. The maximum absolute atomic E-state index is 3.94. The summed E-state index contributed by atoms with van der Waals surface area (Å²) in [6.07, 6.45) is 11.6. The molecule has 3 atom stereocenters. The van der Waals surface area contributed by atoms with Crippen molar-refractivity contribution in [2.45, 2.75) is 58.5 Å². The highest BCUT2D eigenvalue weighted by atomic mass is 32.0. The van der Waals surface area contributed by atoms with Gasteiger partial charge in [-0.3, -0.25) is 0 Å². The van der Waals surface area contributed by atoms with Crippen molar-refractivity contribution >= 4 is 17.2 Å². The molecule has 0 fully saturated rings. The zero-order valence-corrected chi connectivity index (χ0v) is 14.0. The lowest BCUT2D eigenvalue weighted by Crippen LogP contribution is -2.11. The first-order chi connectivity index (χ1) is 7.93. The smallest absolute Gasteiger partial charge is 0.00626 e. The number of hydrogen-bond acceptors (Lipinski definition) is 0. The van der Waals surface area contributed by atoms with E-state index in [2.05, 4.69) is 61.4 Å². The van der Waals surface area contributed by atoms with Gasteiger partial charge in [-0.05, 0) is 46.5 Å². The third kappa shape index (κ3) is 8.76. The summed E-state index contributed by atoms with van der Waals surface area (Å²) >= 11 is 0. The average molecular weight is 270 g/mol. The molecule has 98 valence electrons. The average Bonchev–Trinajstić information content (AvgIpc) is 2.28. The molecular formula is C15H28P2. The molecule has 0 aromatic rings. The molecule has 0 bridgehead atoms. The van der Waals surface area contributed by atoms with Crippen LogP contribution in [0.25, 0.3) is 0 Å². The molecular weight excluding hydrogens is 242 g/mol. The summed E-state index contributed by atoms with van der Waals surface area (Å²) in [5.41, 5.74) is 2.93. The van der Waals surface area contributed by atoms with E-state index in [4.69, 9.17) is 0 Å². The summed E-state index contributed by atoms with van der Waals surface area (Å²) in [6.45, 7) is 12.8. The molecule has 0 heterocycles. The molecule has 3 unspecified atom stereocenters. The Kier molecular flexibility index (Phi) is 9.11. The zero-order valence-electron chi connectivity index (χ0n) is 11.8. The standard InChI is InChI=1S/C15H28P2/c1-6-15(5,17-16)12-8-11-14(4)10-7-9-13(2)3/h6,9,11,17H,1,7-8,10,12,16H2,2-5H3/b14-11+. The first kappa shape index (κ1) is 17.1. The summed E-state index contributed by atoms with van der Waals surface area (Å²) in [6, 6.07) is 0. The van der Waals surface area contributed by atoms with Crippen molar-refractivity contribution in [3.8, 4) is 0 Å². The van der Waals surface area contributed by atoms with Crippen LogP contribution < -0.4 is 0 Å². The first-order valence-corrected chi connectivity index (χ1v) is 9.15. The van der Waals surface area contributed by atoms with Gasteiger partial charge in [-0.1, -0.05) is 44.6 Å². The van der Waals surface area contributed by atoms with Crippen molar-refractivity contribution in [3.05, 3.63) is 36.0 Å². The van der Waals surface area contributed by atoms with Crippen LogP contribution in [0.1, 0.15) is 53.4 Å². The van der Waals surface area contributed by atoms with E-state index in [1.165, 1.54) is 36.8 Å². The maximum Gasteiger partial charge on any atom is 0.00626 e. The van der Waals surface area contributed by atoms with Crippen molar-refractivity contribution in [2.75, 3.05) is 0 Å². The normalized spacial score (nSPS) is 15.9. The van der Waals surface area contributed by atoms with Crippen LogP contribution in [0.2, 0.25) is 0 Å². The van der Waals surface area contributed by atoms with Gasteiger partial charge in [0.05, 0.1) is 0 Å². The van der Waals surface area contributed by atoms with E-state index in [9.17, 15) is 0 Å². The Labute approximate surface area is 112 Å². The van der Waals surface area contributed by atoms with Crippen LogP contribution >= 0.6 is 17.2 Å². The topological polar surface area (TPSA) is 0 Å². The van der Waals surface area contributed by atoms with E-state index >= 15 is 0 Å². The van der Waals surface area contributed by atoms with Gasteiger partial charge in [0.25, 0.3) is 0 Å². The van der Waals surface area contributed by atoms with Gasteiger partial charge in [0, 0.05) is 5.16 Å². The Balaban J connectivity index is 3.99. The molecule has 0 nitrogen and oxygen atoms in total. The maximum atomic E-state index is 3.94. The van der Waals surface area contributed by atoms with Crippen molar-refractivity contribution in [1.29, 1.82) is 0 Å². The molecule has 17 heavy (non-hydrogen) atoms. The highest BCUT2D eigenvalue weighted by Crippen LogP contribution is 2.42. The molecule has 0 aromatic carbocycles. The molecule has 0 aliphatic carbocycles. The lowest BCUT2D eigenvalue weighted by molar-refractivity contribution is 0.705. The predicted octanol–water partition coefficient (Wildman–Crippen LogP) is 5.87. The highest BCUT2D eigenvalue weighted by Gasteiger charge is 2.16. The monoisotopic (exact) mass is 270 g/mol. The van der Waals surface area contributed by atoms with Gasteiger partial charge in [-0.25, -0.2) is 0 Å². The van der Waals surface area contributed by atoms with Crippen molar-refractivity contribution in [1.82, 2.24) is 0 Å². The van der Waals surface area contributed by atoms with Crippen molar-refractivity contribution < 1.29 is 0 Å². The third-order valence-electron chi connectivity index (χ3n) is 3.03. The Hall–Kier alpha value is 0.0800. The lowest BCUT2D eigenvalue weighted by atomic mass is 10.0. The molecule has 0 rings (SSSR count). The van der Waals surface area contributed by atoms with E-state index in [1.54, 1.807) is 0 Å². The molecule has 0 saturated heterocycles. The predicted molar refractivity (Wildman–Crippen MR) is 88.3 cm³/mol. The van der Waals surface area contributed by atoms with Crippen molar-refractivity contribution in [2.24, 2.45) is 0 Å². The van der Waals surface area contributed by atoms with Crippen LogP contribution in [0, 0.1) is 0 Å². The van der Waals surface area contributed by atoms with Gasteiger partial charge in [-0.15, -0.1) is 15.5 Å². The number of rotatable bonds is 8. The van der Waals surface area contributed by atoms with Crippen molar-refractivity contribution in [3.63, 3.8) is 0 Å². The van der Waals surface area contributed by atoms with Crippen LogP contribution in [0.15, 0.2) is 36.0 Å². The molecule has 0 N–H and O–H groups in total. The molecule has 0 amide bonds. The summed E-state index contributed by atoms with van der Waals surface area (Å²) in [4.78, 5) is 0. The summed E-state index contributed by atoms with van der Waals surface area (Å²) in [7, 11) is 3.72. The van der Waals surface area contributed by atoms with Crippen LogP contribution in [0.5, 0.6) is 0 Å². The van der Waals surface area contributed by atoms with E-state index < -0.39 is 0 Å². The molecule has 0 radical (unpaired) electrons. The fourth-order valence-corrected chi connectivity index (χ4v) is 2.74. The Morgan fingerprint density at radius 2 is 1.88 bits per heavy atom. The Bertz CT molecular complexity index is 285. The second-order valence-electron chi connectivity index (χ2n) is 5.18. The fraction of sp³-hybridized carbons (Fsp3) is 0.600. The Morgan fingerprint density at radius 3 is 2.35 bits per heavy atom. The van der Waals surface area contributed by atoms with E-state index in [1.807, 2.05) is 0 Å². The summed E-state index contributed by atoms with van der Waals surface area (Å²) in [5, 5.41) is 0.307. The van der Waals surface area contributed by atoms with Crippen LogP contribution in [0.4, 0.5) is 0 Å². The quantitative estimate of drug-likeness (QED) is 0.382. The van der Waals surface area contributed by atoms with Gasteiger partial charge in [-0.2, -0.15) is 0 Å². The summed E-state index contributed by atoms with van der Waals surface area (Å²) < 4.78 is 0. The van der Waals surface area contributed by atoms with Gasteiger partial charge in [0.2, 0.25) is 0 Å². The first-order valence-electron chi connectivity index (χ1n) is 6.34. The van der Waals surface area contributed by atoms with Gasteiger partial charge >= 0.3 is 0 Å². The van der Waals surface area contributed by atoms with Crippen LogP contribution in [-0.4, -0.2) is 5.16 Å². The number of hydrogen-bond donors (Lipinski definition) is 0. The van der Waals surface area contributed by atoms with E-state index in [-0.39, 0.29) is 0 Å². The molecule has 0 aromatic heterocycles. The van der Waals surface area contributed by atoms with Gasteiger partial charge < -0.3 is 0 Å². The minimum absolute atomic E-state index is 0.307. The number of allylic oxidation sites excluding steroid dienone is 5. The van der Waals surface area contributed by atoms with Gasteiger partial charge in [0.15, 0.2) is 0 Å².